The van der Waals surface area contributed by atoms with Gasteiger partial charge in [-0.2, -0.15) is 0 Å². The van der Waals surface area contributed by atoms with E-state index >= 15 is 0 Å². The van der Waals surface area contributed by atoms with Gasteiger partial charge >= 0.3 is 5.97 Å². The zero-order chi connectivity index (χ0) is 17.0. The number of piperidine rings is 1. The van der Waals surface area contributed by atoms with E-state index in [0.717, 1.165) is 0 Å². The monoisotopic (exact) mass is 340 g/mol. The van der Waals surface area contributed by atoms with E-state index in [1.54, 1.807) is 19.1 Å². The number of anilines is 1. The highest BCUT2D eigenvalue weighted by Gasteiger charge is 2.30. The number of nitrogens with zero attached hydrogens (tertiary/aromatic N) is 1. The van der Waals surface area contributed by atoms with E-state index in [0.29, 0.717) is 25.9 Å². The number of para-hydroxylation sites is 1. The van der Waals surface area contributed by atoms with Crippen molar-refractivity contribution in [3.63, 3.8) is 0 Å². The molecule has 1 fully saturated rings. The van der Waals surface area contributed by atoms with Crippen molar-refractivity contribution in [1.82, 2.24) is 4.31 Å². The first-order valence-corrected chi connectivity index (χ1v) is 9.07. The second kappa shape index (κ2) is 7.10. The topological polar surface area (TPSA) is 104 Å². The molecule has 1 heterocycles. The molecular formula is C15H20N2O5S. The maximum atomic E-state index is 12.3. The first-order valence-electron chi connectivity index (χ1n) is 7.46. The molecule has 0 unspecified atom stereocenters. The van der Waals surface area contributed by atoms with Crippen LogP contribution in [-0.2, 0) is 14.8 Å². The molecule has 2 N–H and O–H groups in total. The Morgan fingerprint density at radius 1 is 1.26 bits per heavy atom. The number of sulfonamides is 1. The molecule has 1 amide bonds. The van der Waals surface area contributed by atoms with E-state index in [4.69, 9.17) is 5.11 Å². The molecule has 1 aliphatic rings. The molecule has 0 aromatic heterocycles. The molecule has 126 valence electrons. The van der Waals surface area contributed by atoms with Crippen molar-refractivity contribution in [3.8, 4) is 0 Å². The van der Waals surface area contributed by atoms with Crippen LogP contribution in [0.2, 0.25) is 0 Å². The molecule has 0 atom stereocenters. The fourth-order valence-corrected chi connectivity index (χ4v) is 3.72. The molecule has 1 saturated heterocycles. The number of hydrogen-bond acceptors (Lipinski definition) is 4. The van der Waals surface area contributed by atoms with E-state index < -0.39 is 16.0 Å². The van der Waals surface area contributed by atoms with Crippen molar-refractivity contribution in [2.24, 2.45) is 5.92 Å². The molecule has 1 aliphatic heterocycles. The Hall–Kier alpha value is -1.93. The van der Waals surface area contributed by atoms with E-state index in [-0.39, 0.29) is 28.8 Å². The van der Waals surface area contributed by atoms with Crippen LogP contribution in [0, 0.1) is 5.92 Å². The Balaban J connectivity index is 2.00. The molecule has 1 aromatic carbocycles. The standard InChI is InChI=1S/C15H20N2O5S/c1-2-23(21,22)17-9-7-11(8-10-17)14(18)16-13-6-4-3-5-12(13)15(19)20/h3-6,11H,2,7-10H2,1H3,(H,16,18)(H,19,20). The highest BCUT2D eigenvalue weighted by atomic mass is 32.2. The molecule has 0 saturated carbocycles. The van der Waals surface area contributed by atoms with Crippen molar-refractivity contribution in [3.05, 3.63) is 29.8 Å². The summed E-state index contributed by atoms with van der Waals surface area (Å²) in [6.45, 7) is 2.22. The number of carbonyl (C=O) groups is 2. The van der Waals surface area contributed by atoms with E-state index in [1.165, 1.54) is 16.4 Å². The lowest BCUT2D eigenvalue weighted by atomic mass is 9.97. The van der Waals surface area contributed by atoms with Crippen LogP contribution in [0.1, 0.15) is 30.1 Å². The van der Waals surface area contributed by atoms with Gasteiger partial charge in [0.1, 0.15) is 0 Å². The second-order valence-electron chi connectivity index (χ2n) is 5.41. The third kappa shape index (κ3) is 4.08. The van der Waals surface area contributed by atoms with Crippen molar-refractivity contribution in [1.29, 1.82) is 0 Å². The quantitative estimate of drug-likeness (QED) is 0.843. The van der Waals surface area contributed by atoms with Crippen molar-refractivity contribution >= 4 is 27.6 Å². The van der Waals surface area contributed by atoms with Crippen LogP contribution in [0.25, 0.3) is 0 Å². The largest absolute Gasteiger partial charge is 0.478 e. The molecule has 0 radical (unpaired) electrons. The van der Waals surface area contributed by atoms with Crippen LogP contribution in [0.15, 0.2) is 24.3 Å². The summed E-state index contributed by atoms with van der Waals surface area (Å²) in [4.78, 5) is 23.4. The molecule has 0 spiro atoms. The Kier molecular flexibility index (Phi) is 5.38. The predicted octanol–water partition coefficient (Wildman–Crippen LogP) is 1.38. The van der Waals surface area contributed by atoms with Crippen molar-refractivity contribution in [2.45, 2.75) is 19.8 Å². The molecule has 23 heavy (non-hydrogen) atoms. The minimum atomic E-state index is -3.22. The summed E-state index contributed by atoms with van der Waals surface area (Å²) in [5.74, 6) is -1.65. The van der Waals surface area contributed by atoms with Gasteiger partial charge in [0.05, 0.1) is 17.0 Å². The number of amides is 1. The summed E-state index contributed by atoms with van der Waals surface area (Å²) in [7, 11) is -3.22. The molecule has 0 bridgehead atoms. The Morgan fingerprint density at radius 3 is 2.43 bits per heavy atom. The average molecular weight is 340 g/mol. The van der Waals surface area contributed by atoms with Gasteiger partial charge < -0.3 is 10.4 Å². The van der Waals surface area contributed by atoms with E-state index in [2.05, 4.69) is 5.32 Å². The maximum Gasteiger partial charge on any atom is 0.337 e. The molecular weight excluding hydrogens is 320 g/mol. The van der Waals surface area contributed by atoms with Gasteiger partial charge in [-0.15, -0.1) is 0 Å². The van der Waals surface area contributed by atoms with Crippen LogP contribution in [0.5, 0.6) is 0 Å². The first kappa shape index (κ1) is 17.4. The van der Waals surface area contributed by atoms with Gasteiger partial charge in [0, 0.05) is 19.0 Å². The van der Waals surface area contributed by atoms with Gasteiger partial charge in [-0.05, 0) is 31.9 Å². The Bertz CT molecular complexity index is 694. The zero-order valence-electron chi connectivity index (χ0n) is 12.9. The van der Waals surface area contributed by atoms with E-state index in [1.807, 2.05) is 0 Å². The van der Waals surface area contributed by atoms with Gasteiger partial charge in [0.15, 0.2) is 0 Å². The zero-order valence-corrected chi connectivity index (χ0v) is 13.7. The highest BCUT2D eigenvalue weighted by Crippen LogP contribution is 2.23. The number of carbonyl (C=O) groups excluding carboxylic acids is 1. The fourth-order valence-electron chi connectivity index (χ4n) is 2.59. The lowest BCUT2D eigenvalue weighted by molar-refractivity contribution is -0.120. The Morgan fingerprint density at radius 2 is 1.87 bits per heavy atom. The summed E-state index contributed by atoms with van der Waals surface area (Å²) in [6.07, 6.45) is 0.862. The number of carboxylic acids is 1. The summed E-state index contributed by atoms with van der Waals surface area (Å²) in [5.41, 5.74) is 0.292. The molecule has 7 nitrogen and oxygen atoms in total. The smallest absolute Gasteiger partial charge is 0.337 e. The molecule has 2 rings (SSSR count). The second-order valence-corrected chi connectivity index (χ2v) is 7.67. The Labute approximate surface area is 135 Å². The highest BCUT2D eigenvalue weighted by molar-refractivity contribution is 7.89. The van der Waals surface area contributed by atoms with Crippen LogP contribution in [0.3, 0.4) is 0 Å². The number of carboxylic acid groups (broad SMARTS) is 1. The van der Waals surface area contributed by atoms with Crippen molar-refractivity contribution < 1.29 is 23.1 Å². The van der Waals surface area contributed by atoms with Crippen LogP contribution < -0.4 is 5.32 Å². The number of benzene rings is 1. The van der Waals surface area contributed by atoms with Gasteiger partial charge in [-0.1, -0.05) is 12.1 Å². The van der Waals surface area contributed by atoms with Crippen LogP contribution >= 0.6 is 0 Å². The minimum absolute atomic E-state index is 0.0341. The lowest BCUT2D eigenvalue weighted by Gasteiger charge is -2.30. The van der Waals surface area contributed by atoms with Gasteiger partial charge in [-0.3, -0.25) is 4.79 Å². The average Bonchev–Trinajstić information content (AvgIpc) is 2.55. The first-order chi connectivity index (χ1) is 10.8. The normalized spacial score (nSPS) is 16.9. The lowest BCUT2D eigenvalue weighted by Crippen LogP contribution is -2.42. The third-order valence-electron chi connectivity index (χ3n) is 4.00. The molecule has 0 aliphatic carbocycles. The SMILES string of the molecule is CCS(=O)(=O)N1CCC(C(=O)Nc2ccccc2C(=O)O)CC1. The van der Waals surface area contributed by atoms with Crippen LogP contribution in [0.4, 0.5) is 5.69 Å². The van der Waals surface area contributed by atoms with E-state index in [9.17, 15) is 18.0 Å². The van der Waals surface area contributed by atoms with Gasteiger partial charge in [0.2, 0.25) is 15.9 Å². The fraction of sp³-hybridized carbons (Fsp3) is 0.467. The van der Waals surface area contributed by atoms with Gasteiger partial charge in [0.25, 0.3) is 0 Å². The number of nitrogens with one attached hydrogen (secondary N) is 1. The number of hydrogen-bond donors (Lipinski definition) is 2. The minimum Gasteiger partial charge on any atom is -0.478 e. The number of rotatable bonds is 5. The summed E-state index contributed by atoms with van der Waals surface area (Å²) in [6, 6.07) is 6.21. The summed E-state index contributed by atoms with van der Waals surface area (Å²) >= 11 is 0. The number of aromatic carboxylic acids is 1. The molecule has 8 heteroatoms. The summed E-state index contributed by atoms with van der Waals surface area (Å²) < 4.78 is 25.0. The van der Waals surface area contributed by atoms with Gasteiger partial charge in [-0.25, -0.2) is 17.5 Å². The molecule has 1 aromatic rings. The maximum absolute atomic E-state index is 12.3. The predicted molar refractivity (Wildman–Crippen MR) is 85.8 cm³/mol. The van der Waals surface area contributed by atoms with Crippen molar-refractivity contribution in [2.75, 3.05) is 24.2 Å². The summed E-state index contributed by atoms with van der Waals surface area (Å²) in [5, 5.41) is 11.8. The van der Waals surface area contributed by atoms with Crippen LogP contribution in [-0.4, -0.2) is 48.5 Å². The third-order valence-corrected chi connectivity index (χ3v) is 5.88.